The molecular formula is C21H21ClN4OS. The van der Waals surface area contributed by atoms with Gasteiger partial charge in [0.2, 0.25) is 0 Å². The van der Waals surface area contributed by atoms with E-state index in [9.17, 15) is 4.79 Å². The number of aromatic nitrogens is 1. The van der Waals surface area contributed by atoms with Gasteiger partial charge in [-0.3, -0.25) is 0 Å². The molecule has 2 atom stereocenters. The molecule has 0 saturated carbocycles. The zero-order chi connectivity index (χ0) is 19.3. The summed E-state index contributed by atoms with van der Waals surface area (Å²) in [6.45, 7) is 2.81. The third-order valence-corrected chi connectivity index (χ3v) is 7.44. The van der Waals surface area contributed by atoms with Crippen molar-refractivity contribution in [3.05, 3.63) is 47.5 Å². The quantitative estimate of drug-likeness (QED) is 0.658. The van der Waals surface area contributed by atoms with Crippen LogP contribution in [0.25, 0.3) is 20.8 Å². The molecule has 2 fully saturated rings. The maximum absolute atomic E-state index is 12.6. The Bertz CT molecular complexity index is 1030. The molecule has 2 aliphatic heterocycles. The van der Waals surface area contributed by atoms with E-state index in [4.69, 9.17) is 11.6 Å². The predicted octanol–water partition coefficient (Wildman–Crippen LogP) is 4.78. The number of hydrogen-bond donors (Lipinski definition) is 1. The number of hydrogen-bond acceptors (Lipinski definition) is 4. The van der Waals surface area contributed by atoms with E-state index in [1.54, 1.807) is 11.3 Å². The van der Waals surface area contributed by atoms with Crippen LogP contribution in [0, 0.1) is 5.92 Å². The van der Waals surface area contributed by atoms with E-state index in [1.165, 1.54) is 6.42 Å². The topological polar surface area (TPSA) is 48.5 Å². The van der Waals surface area contributed by atoms with Gasteiger partial charge in [0.1, 0.15) is 5.01 Å². The molecular weight excluding hydrogens is 392 g/mol. The lowest BCUT2D eigenvalue weighted by molar-refractivity contribution is 0.213. The number of anilines is 1. The summed E-state index contributed by atoms with van der Waals surface area (Å²) in [5.41, 5.74) is 2.74. The summed E-state index contributed by atoms with van der Waals surface area (Å²) in [5.74, 6) is 0.615. The molecule has 1 N–H and O–H groups in total. The van der Waals surface area contributed by atoms with E-state index < -0.39 is 0 Å². The van der Waals surface area contributed by atoms with Crippen LogP contribution < -0.4 is 5.32 Å². The monoisotopic (exact) mass is 412 g/mol. The summed E-state index contributed by atoms with van der Waals surface area (Å²) < 4.78 is 1.00. The van der Waals surface area contributed by atoms with Gasteiger partial charge in [0, 0.05) is 30.4 Å². The Labute approximate surface area is 172 Å². The van der Waals surface area contributed by atoms with Gasteiger partial charge in [-0.2, -0.15) is 0 Å². The molecule has 0 bridgehead atoms. The number of halogens is 1. The van der Waals surface area contributed by atoms with Crippen LogP contribution in [-0.4, -0.2) is 53.5 Å². The van der Waals surface area contributed by atoms with E-state index in [1.807, 2.05) is 47.4 Å². The summed E-state index contributed by atoms with van der Waals surface area (Å²) in [5, 5.41) is 4.69. The number of thiazole rings is 1. The van der Waals surface area contributed by atoms with E-state index in [2.05, 4.69) is 22.2 Å². The summed E-state index contributed by atoms with van der Waals surface area (Å²) in [7, 11) is 2.15. The molecule has 3 aromatic rings. The average molecular weight is 413 g/mol. The van der Waals surface area contributed by atoms with Gasteiger partial charge in [-0.05, 0) is 62.3 Å². The van der Waals surface area contributed by atoms with E-state index in [-0.39, 0.29) is 6.03 Å². The average Bonchev–Trinajstić information content (AvgIpc) is 3.39. The fourth-order valence-corrected chi connectivity index (χ4v) is 5.54. The molecule has 7 heteroatoms. The van der Waals surface area contributed by atoms with Crippen LogP contribution in [0.4, 0.5) is 10.5 Å². The van der Waals surface area contributed by atoms with Crippen LogP contribution >= 0.6 is 22.9 Å². The second-order valence-electron chi connectivity index (χ2n) is 7.62. The molecule has 0 radical (unpaired) electrons. The first-order valence-corrected chi connectivity index (χ1v) is 10.7. The minimum absolute atomic E-state index is 0.0117. The van der Waals surface area contributed by atoms with Crippen LogP contribution in [0.1, 0.15) is 6.42 Å². The van der Waals surface area contributed by atoms with Crippen molar-refractivity contribution >= 4 is 44.9 Å². The fraction of sp³-hybridized carbons (Fsp3) is 0.333. The number of carbonyl (C=O) groups is 1. The molecule has 0 aliphatic carbocycles. The van der Waals surface area contributed by atoms with E-state index in [0.29, 0.717) is 12.0 Å². The zero-order valence-electron chi connectivity index (χ0n) is 15.6. The Balaban J connectivity index is 1.28. The highest BCUT2D eigenvalue weighted by Crippen LogP contribution is 2.35. The van der Waals surface area contributed by atoms with Crippen molar-refractivity contribution in [3.63, 3.8) is 0 Å². The first kappa shape index (κ1) is 17.9. The first-order chi connectivity index (χ1) is 13.6. The number of benzene rings is 2. The third-order valence-electron chi connectivity index (χ3n) is 5.86. The molecule has 2 aromatic carbocycles. The number of rotatable bonds is 2. The van der Waals surface area contributed by atoms with Gasteiger partial charge in [-0.1, -0.05) is 17.7 Å². The van der Waals surface area contributed by atoms with Crippen molar-refractivity contribution in [2.24, 2.45) is 5.92 Å². The van der Waals surface area contributed by atoms with Crippen LogP contribution in [0.15, 0.2) is 42.5 Å². The number of likely N-dealkylation sites (N-methyl/N-ethyl adjacent to an activating group) is 1. The predicted molar refractivity (Wildman–Crippen MR) is 115 cm³/mol. The van der Waals surface area contributed by atoms with E-state index in [0.717, 1.165) is 51.1 Å². The Hall–Kier alpha value is -2.15. The molecule has 0 spiro atoms. The highest BCUT2D eigenvalue weighted by molar-refractivity contribution is 7.22. The molecule has 5 rings (SSSR count). The summed E-state index contributed by atoms with van der Waals surface area (Å²) in [6, 6.07) is 14.1. The molecule has 28 heavy (non-hydrogen) atoms. The van der Waals surface area contributed by atoms with Gasteiger partial charge in [-0.25, -0.2) is 9.78 Å². The number of likely N-dealkylation sites (tertiary alicyclic amines) is 2. The lowest BCUT2D eigenvalue weighted by Gasteiger charge is -2.21. The Morgan fingerprint density at radius 3 is 2.79 bits per heavy atom. The second-order valence-corrected chi connectivity index (χ2v) is 9.02. The molecule has 2 saturated heterocycles. The number of nitrogens with one attached hydrogen (secondary N) is 1. The highest BCUT2D eigenvalue weighted by atomic mass is 35.5. The Kier molecular flexibility index (Phi) is 4.50. The van der Waals surface area contributed by atoms with Crippen molar-refractivity contribution in [2.45, 2.75) is 12.5 Å². The van der Waals surface area contributed by atoms with Gasteiger partial charge >= 0.3 is 6.03 Å². The summed E-state index contributed by atoms with van der Waals surface area (Å²) in [4.78, 5) is 21.6. The standard InChI is InChI=1S/C21H21ClN4OS/c1-25-10-9-14-11-26(12-18(14)25)21(27)23-15-7-5-13(6-8-15)20-24-17-4-2-3-16(22)19(17)28-20/h2-8,14,18H,9-12H2,1H3,(H,23,27)/t14-,18+/m1/s1. The molecule has 0 unspecified atom stereocenters. The molecule has 2 amide bonds. The van der Waals surface area contributed by atoms with Gasteiger partial charge < -0.3 is 15.1 Å². The van der Waals surface area contributed by atoms with Crippen LogP contribution in [0.2, 0.25) is 5.02 Å². The summed E-state index contributed by atoms with van der Waals surface area (Å²) in [6.07, 6.45) is 1.19. The largest absolute Gasteiger partial charge is 0.323 e. The SMILES string of the molecule is CN1CC[C@@H]2CN(C(=O)Nc3ccc(-c4nc5cccc(Cl)c5s4)cc3)C[C@@H]21. The number of urea groups is 1. The number of carbonyl (C=O) groups excluding carboxylic acids is 1. The van der Waals surface area contributed by atoms with Crippen molar-refractivity contribution < 1.29 is 4.79 Å². The van der Waals surface area contributed by atoms with Crippen molar-refractivity contribution in [1.29, 1.82) is 0 Å². The fourth-order valence-electron chi connectivity index (χ4n) is 4.28. The smallest absolute Gasteiger partial charge is 0.321 e. The van der Waals surface area contributed by atoms with Gasteiger partial charge in [0.25, 0.3) is 0 Å². The van der Waals surface area contributed by atoms with Gasteiger partial charge in [0.05, 0.1) is 15.2 Å². The highest BCUT2D eigenvalue weighted by Gasteiger charge is 2.41. The first-order valence-electron chi connectivity index (χ1n) is 9.50. The normalized spacial score (nSPS) is 22.0. The molecule has 5 nitrogen and oxygen atoms in total. The Morgan fingerprint density at radius 1 is 1.21 bits per heavy atom. The molecule has 3 heterocycles. The maximum Gasteiger partial charge on any atom is 0.321 e. The van der Waals surface area contributed by atoms with Gasteiger partial charge in [-0.15, -0.1) is 11.3 Å². The number of fused-ring (bicyclic) bond motifs is 2. The van der Waals surface area contributed by atoms with Crippen molar-refractivity contribution in [3.8, 4) is 10.6 Å². The number of amides is 2. The van der Waals surface area contributed by atoms with E-state index >= 15 is 0 Å². The van der Waals surface area contributed by atoms with Gasteiger partial charge in [0.15, 0.2) is 0 Å². The minimum atomic E-state index is -0.0117. The van der Waals surface area contributed by atoms with Crippen LogP contribution in [0.5, 0.6) is 0 Å². The molecule has 1 aromatic heterocycles. The lowest BCUT2D eigenvalue weighted by atomic mass is 10.1. The second kappa shape index (κ2) is 7.03. The number of nitrogens with zero attached hydrogens (tertiary/aromatic N) is 3. The lowest BCUT2D eigenvalue weighted by Crippen LogP contribution is -2.37. The van der Waals surface area contributed by atoms with Crippen molar-refractivity contribution in [2.75, 3.05) is 32.0 Å². The van der Waals surface area contributed by atoms with Crippen molar-refractivity contribution in [1.82, 2.24) is 14.8 Å². The molecule has 144 valence electrons. The minimum Gasteiger partial charge on any atom is -0.323 e. The summed E-state index contributed by atoms with van der Waals surface area (Å²) >= 11 is 7.85. The molecule has 2 aliphatic rings. The van der Waals surface area contributed by atoms with Crippen LogP contribution in [0.3, 0.4) is 0 Å². The zero-order valence-corrected chi connectivity index (χ0v) is 17.1. The Morgan fingerprint density at radius 2 is 2.04 bits per heavy atom. The third kappa shape index (κ3) is 3.15. The van der Waals surface area contributed by atoms with Crippen LogP contribution in [-0.2, 0) is 0 Å². The maximum atomic E-state index is 12.6.